The van der Waals surface area contributed by atoms with E-state index in [1.54, 1.807) is 17.2 Å². The van der Waals surface area contributed by atoms with Crippen LogP contribution < -0.4 is 10.6 Å². The van der Waals surface area contributed by atoms with E-state index in [1.165, 1.54) is 0 Å². The van der Waals surface area contributed by atoms with Crippen LogP contribution in [0.3, 0.4) is 0 Å². The van der Waals surface area contributed by atoms with Gasteiger partial charge in [0.05, 0.1) is 23.5 Å². The molecule has 1 aliphatic heterocycles. The fraction of sp³-hybridized carbons (Fsp3) is 0.455. The van der Waals surface area contributed by atoms with Crippen LogP contribution >= 0.6 is 11.6 Å². The predicted octanol–water partition coefficient (Wildman–Crippen LogP) is 0.986. The number of anilines is 2. The first kappa shape index (κ1) is 12.0. The van der Waals surface area contributed by atoms with Crippen LogP contribution in [-0.2, 0) is 4.79 Å². The van der Waals surface area contributed by atoms with E-state index >= 15 is 0 Å². The molecule has 1 aromatic heterocycles. The molecule has 1 aliphatic rings. The van der Waals surface area contributed by atoms with Gasteiger partial charge in [0.2, 0.25) is 5.91 Å². The van der Waals surface area contributed by atoms with E-state index in [4.69, 9.17) is 17.3 Å². The lowest BCUT2D eigenvalue weighted by atomic mass is 10.3. The minimum atomic E-state index is 0.0807. The van der Waals surface area contributed by atoms with Crippen molar-refractivity contribution in [3.63, 3.8) is 0 Å². The summed E-state index contributed by atoms with van der Waals surface area (Å²) in [6, 6.07) is 1.66. The van der Waals surface area contributed by atoms with Crippen molar-refractivity contribution in [2.45, 2.75) is 6.42 Å². The SMILES string of the molecule is CN1CCCN(c2ncc(N)cc2Cl)CC1=O. The van der Waals surface area contributed by atoms with Gasteiger partial charge in [0, 0.05) is 20.1 Å². The van der Waals surface area contributed by atoms with E-state index in [9.17, 15) is 4.79 Å². The molecule has 17 heavy (non-hydrogen) atoms. The van der Waals surface area contributed by atoms with Crippen LogP contribution in [0.5, 0.6) is 0 Å². The zero-order chi connectivity index (χ0) is 12.4. The van der Waals surface area contributed by atoms with Gasteiger partial charge in [-0.25, -0.2) is 4.98 Å². The number of halogens is 1. The Hall–Kier alpha value is -1.49. The van der Waals surface area contributed by atoms with Gasteiger partial charge in [-0.05, 0) is 12.5 Å². The first-order valence-corrected chi connectivity index (χ1v) is 5.85. The maximum absolute atomic E-state index is 11.8. The van der Waals surface area contributed by atoms with Crippen LogP contribution in [-0.4, -0.2) is 42.5 Å². The highest BCUT2D eigenvalue weighted by atomic mass is 35.5. The molecule has 1 fully saturated rings. The van der Waals surface area contributed by atoms with Crippen molar-refractivity contribution >= 4 is 29.0 Å². The molecule has 2 rings (SSSR count). The summed E-state index contributed by atoms with van der Waals surface area (Å²) in [7, 11) is 1.81. The minimum absolute atomic E-state index is 0.0807. The quantitative estimate of drug-likeness (QED) is 0.812. The smallest absolute Gasteiger partial charge is 0.241 e. The van der Waals surface area contributed by atoms with Crippen molar-refractivity contribution in [3.05, 3.63) is 17.3 Å². The number of likely N-dealkylation sites (N-methyl/N-ethyl adjacent to an activating group) is 1. The molecule has 0 saturated carbocycles. The molecular formula is C11H15ClN4O. The number of carbonyl (C=O) groups is 1. The summed E-state index contributed by atoms with van der Waals surface area (Å²) < 4.78 is 0. The van der Waals surface area contributed by atoms with Gasteiger partial charge in [0.1, 0.15) is 5.82 Å². The molecule has 0 radical (unpaired) electrons. The second-order valence-electron chi connectivity index (χ2n) is 4.16. The molecule has 2 heterocycles. The van der Waals surface area contributed by atoms with Gasteiger partial charge >= 0.3 is 0 Å². The van der Waals surface area contributed by atoms with Crippen LogP contribution in [0.15, 0.2) is 12.3 Å². The van der Waals surface area contributed by atoms with Crippen LogP contribution in [0.25, 0.3) is 0 Å². The van der Waals surface area contributed by atoms with Crippen molar-refractivity contribution in [2.75, 3.05) is 37.3 Å². The molecule has 1 aromatic rings. The third kappa shape index (κ3) is 2.61. The number of aromatic nitrogens is 1. The van der Waals surface area contributed by atoms with E-state index in [0.717, 1.165) is 19.5 Å². The average molecular weight is 255 g/mol. The van der Waals surface area contributed by atoms with Crippen molar-refractivity contribution in [1.29, 1.82) is 0 Å². The Bertz CT molecular complexity index is 437. The van der Waals surface area contributed by atoms with E-state index < -0.39 is 0 Å². The monoisotopic (exact) mass is 254 g/mol. The topological polar surface area (TPSA) is 62.5 Å². The van der Waals surface area contributed by atoms with Crippen molar-refractivity contribution in [3.8, 4) is 0 Å². The largest absolute Gasteiger partial charge is 0.397 e. The summed E-state index contributed by atoms with van der Waals surface area (Å²) in [5.74, 6) is 0.710. The zero-order valence-corrected chi connectivity index (χ0v) is 10.4. The Morgan fingerprint density at radius 2 is 2.24 bits per heavy atom. The fourth-order valence-electron chi connectivity index (χ4n) is 1.85. The Kier molecular flexibility index (Phi) is 3.38. The Labute approximate surface area is 105 Å². The molecule has 5 nitrogen and oxygen atoms in total. The van der Waals surface area contributed by atoms with E-state index in [-0.39, 0.29) is 5.91 Å². The summed E-state index contributed by atoms with van der Waals surface area (Å²) in [5, 5.41) is 0.488. The lowest BCUT2D eigenvalue weighted by Crippen LogP contribution is -2.34. The van der Waals surface area contributed by atoms with Crippen LogP contribution in [0, 0.1) is 0 Å². The van der Waals surface area contributed by atoms with Gasteiger partial charge in [0.15, 0.2) is 0 Å². The third-order valence-electron chi connectivity index (χ3n) is 2.82. The van der Waals surface area contributed by atoms with Crippen molar-refractivity contribution in [2.24, 2.45) is 0 Å². The lowest BCUT2D eigenvalue weighted by molar-refractivity contribution is -0.127. The number of nitrogen functional groups attached to an aromatic ring is 1. The number of nitrogens with zero attached hydrogens (tertiary/aromatic N) is 3. The normalized spacial score (nSPS) is 17.2. The van der Waals surface area contributed by atoms with Crippen molar-refractivity contribution < 1.29 is 4.79 Å². The summed E-state index contributed by atoms with van der Waals surface area (Å²) in [6.45, 7) is 1.85. The summed E-state index contributed by atoms with van der Waals surface area (Å²) in [5.41, 5.74) is 6.12. The molecule has 0 aromatic carbocycles. The second-order valence-corrected chi connectivity index (χ2v) is 4.57. The Morgan fingerprint density at radius 3 is 2.94 bits per heavy atom. The van der Waals surface area contributed by atoms with Crippen molar-refractivity contribution in [1.82, 2.24) is 9.88 Å². The Morgan fingerprint density at radius 1 is 1.47 bits per heavy atom. The number of pyridine rings is 1. The molecule has 0 bridgehead atoms. The molecule has 0 atom stereocenters. The summed E-state index contributed by atoms with van der Waals surface area (Å²) >= 11 is 6.09. The molecule has 2 N–H and O–H groups in total. The summed E-state index contributed by atoms with van der Waals surface area (Å²) in [4.78, 5) is 19.6. The van der Waals surface area contributed by atoms with Gasteiger partial charge < -0.3 is 15.5 Å². The highest BCUT2D eigenvalue weighted by Crippen LogP contribution is 2.25. The first-order valence-electron chi connectivity index (χ1n) is 5.48. The average Bonchev–Trinajstić information content (AvgIpc) is 2.42. The van der Waals surface area contributed by atoms with E-state index in [0.29, 0.717) is 23.1 Å². The van der Waals surface area contributed by atoms with Gasteiger partial charge in [-0.2, -0.15) is 0 Å². The first-order chi connectivity index (χ1) is 8.08. The zero-order valence-electron chi connectivity index (χ0n) is 9.69. The maximum Gasteiger partial charge on any atom is 0.241 e. The third-order valence-corrected chi connectivity index (χ3v) is 3.09. The number of carbonyl (C=O) groups excluding carboxylic acids is 1. The molecule has 0 aliphatic carbocycles. The molecule has 0 spiro atoms. The minimum Gasteiger partial charge on any atom is -0.397 e. The number of amides is 1. The Balaban J connectivity index is 2.24. The molecule has 6 heteroatoms. The molecule has 92 valence electrons. The van der Waals surface area contributed by atoms with E-state index in [1.807, 2.05) is 11.9 Å². The molecule has 0 unspecified atom stereocenters. The van der Waals surface area contributed by atoms with Crippen LogP contribution in [0.4, 0.5) is 11.5 Å². The summed E-state index contributed by atoms with van der Waals surface area (Å²) in [6.07, 6.45) is 2.46. The standard InChI is InChI=1S/C11H15ClN4O/c1-15-3-2-4-16(7-10(15)17)11-9(12)5-8(13)6-14-11/h5-6H,2-4,7,13H2,1H3. The maximum atomic E-state index is 11.8. The molecular weight excluding hydrogens is 240 g/mol. The van der Waals surface area contributed by atoms with Gasteiger partial charge in [-0.15, -0.1) is 0 Å². The van der Waals surface area contributed by atoms with E-state index in [2.05, 4.69) is 4.98 Å². The second kappa shape index (κ2) is 4.79. The number of rotatable bonds is 1. The van der Waals surface area contributed by atoms with Crippen LogP contribution in [0.2, 0.25) is 5.02 Å². The van der Waals surface area contributed by atoms with Gasteiger partial charge in [0.25, 0.3) is 0 Å². The molecule has 1 saturated heterocycles. The van der Waals surface area contributed by atoms with Gasteiger partial charge in [-0.3, -0.25) is 4.79 Å². The number of nitrogens with two attached hydrogens (primary N) is 1. The highest BCUT2D eigenvalue weighted by Gasteiger charge is 2.21. The fourth-order valence-corrected chi connectivity index (χ4v) is 2.14. The van der Waals surface area contributed by atoms with Crippen LogP contribution in [0.1, 0.15) is 6.42 Å². The molecule has 1 amide bonds. The van der Waals surface area contributed by atoms with Gasteiger partial charge in [-0.1, -0.05) is 11.6 Å². The number of hydrogen-bond acceptors (Lipinski definition) is 4. The highest BCUT2D eigenvalue weighted by molar-refractivity contribution is 6.33. The predicted molar refractivity (Wildman–Crippen MR) is 68.1 cm³/mol. The lowest BCUT2D eigenvalue weighted by Gasteiger charge is -2.21. The number of hydrogen-bond donors (Lipinski definition) is 1.